The molecule has 1 saturated heterocycles. The molecule has 2 aromatic carbocycles. The zero-order chi connectivity index (χ0) is 25.2. The Hall–Kier alpha value is -3.39. The second-order valence-corrected chi connectivity index (χ2v) is 9.84. The minimum Gasteiger partial charge on any atom is -0.480 e. The molecule has 35 heavy (non-hydrogen) atoms. The van der Waals surface area contributed by atoms with E-state index in [0.29, 0.717) is 19.4 Å². The van der Waals surface area contributed by atoms with Gasteiger partial charge in [0, 0.05) is 19.6 Å². The van der Waals surface area contributed by atoms with Crippen molar-refractivity contribution >= 4 is 18.0 Å². The highest BCUT2D eigenvalue weighted by Gasteiger charge is 2.46. The number of rotatable bonds is 7. The molecule has 1 aliphatic heterocycles. The first-order valence-electron chi connectivity index (χ1n) is 11.9. The summed E-state index contributed by atoms with van der Waals surface area (Å²) in [5.74, 6) is -1.65. The summed E-state index contributed by atoms with van der Waals surface area (Å²) in [5.41, 5.74) is 3.84. The number of fused-ring (bicyclic) bond motifs is 3. The molecule has 2 aliphatic rings. The molecule has 186 valence electrons. The quantitative estimate of drug-likeness (QED) is 0.627. The van der Waals surface area contributed by atoms with E-state index in [1.165, 1.54) is 12.0 Å². The van der Waals surface area contributed by atoms with Crippen LogP contribution in [0.1, 0.15) is 43.7 Å². The maximum atomic E-state index is 13.3. The van der Waals surface area contributed by atoms with Crippen molar-refractivity contribution in [3.05, 3.63) is 59.7 Å². The topological polar surface area (TPSA) is 105 Å². The third-order valence-electron chi connectivity index (χ3n) is 7.06. The Labute approximate surface area is 205 Å². The van der Waals surface area contributed by atoms with Gasteiger partial charge in [-0.2, -0.15) is 0 Å². The van der Waals surface area contributed by atoms with Crippen molar-refractivity contribution in [3.8, 4) is 11.1 Å². The Morgan fingerprint density at radius 2 is 1.69 bits per heavy atom. The van der Waals surface area contributed by atoms with Gasteiger partial charge in [-0.15, -0.1) is 0 Å². The fourth-order valence-corrected chi connectivity index (χ4v) is 5.42. The van der Waals surface area contributed by atoms with Crippen molar-refractivity contribution in [2.24, 2.45) is 5.41 Å². The molecule has 0 saturated carbocycles. The molecule has 4 rings (SSSR count). The van der Waals surface area contributed by atoms with Crippen LogP contribution >= 0.6 is 0 Å². The van der Waals surface area contributed by atoms with Crippen LogP contribution in [-0.2, 0) is 19.1 Å². The van der Waals surface area contributed by atoms with Gasteiger partial charge >= 0.3 is 12.1 Å². The van der Waals surface area contributed by atoms with E-state index < -0.39 is 35.5 Å². The first-order chi connectivity index (χ1) is 16.7. The predicted molar refractivity (Wildman–Crippen MR) is 130 cm³/mol. The molecule has 8 heteroatoms. The molecule has 8 nitrogen and oxygen atoms in total. The first-order valence-corrected chi connectivity index (χ1v) is 11.9. The van der Waals surface area contributed by atoms with Gasteiger partial charge < -0.3 is 24.8 Å². The molecule has 0 spiro atoms. The second-order valence-electron chi connectivity index (χ2n) is 9.84. The van der Waals surface area contributed by atoms with Crippen molar-refractivity contribution < 1.29 is 29.0 Å². The number of hydrogen-bond donors (Lipinski definition) is 2. The van der Waals surface area contributed by atoms with Gasteiger partial charge in [0.05, 0.1) is 6.61 Å². The number of aliphatic carboxylic acids is 1. The highest BCUT2D eigenvalue weighted by atomic mass is 16.5. The summed E-state index contributed by atoms with van der Waals surface area (Å²) in [4.78, 5) is 39.4. The van der Waals surface area contributed by atoms with Gasteiger partial charge in [0.15, 0.2) is 0 Å². The molecule has 0 bridgehead atoms. The summed E-state index contributed by atoms with van der Waals surface area (Å²) in [5, 5.41) is 12.4. The van der Waals surface area contributed by atoms with Crippen LogP contribution in [0, 0.1) is 5.41 Å². The lowest BCUT2D eigenvalue weighted by atomic mass is 9.76. The van der Waals surface area contributed by atoms with E-state index in [4.69, 9.17) is 9.47 Å². The van der Waals surface area contributed by atoms with Gasteiger partial charge in [-0.05, 0) is 40.5 Å². The number of nitrogens with one attached hydrogen (secondary N) is 1. The third-order valence-corrected chi connectivity index (χ3v) is 7.06. The molecule has 2 amide bonds. The largest absolute Gasteiger partial charge is 0.480 e. The molecule has 2 N–H and O–H groups in total. The number of carboxylic acid groups (broad SMARTS) is 1. The van der Waals surface area contributed by atoms with Crippen LogP contribution in [-0.4, -0.2) is 66.9 Å². The predicted octanol–water partition coefficient (Wildman–Crippen LogP) is 3.64. The van der Waals surface area contributed by atoms with E-state index in [1.807, 2.05) is 50.2 Å². The van der Waals surface area contributed by atoms with Gasteiger partial charge in [0.1, 0.15) is 18.7 Å². The number of likely N-dealkylation sites (tertiary alicyclic amines) is 1. The van der Waals surface area contributed by atoms with Gasteiger partial charge in [0.25, 0.3) is 0 Å². The first kappa shape index (κ1) is 24.7. The van der Waals surface area contributed by atoms with E-state index >= 15 is 0 Å². The third kappa shape index (κ3) is 4.89. The van der Waals surface area contributed by atoms with Gasteiger partial charge in [-0.1, -0.05) is 62.4 Å². The van der Waals surface area contributed by atoms with Crippen LogP contribution in [0.3, 0.4) is 0 Å². The molecule has 1 fully saturated rings. The summed E-state index contributed by atoms with van der Waals surface area (Å²) < 4.78 is 10.7. The summed E-state index contributed by atoms with van der Waals surface area (Å²) in [6.45, 7) is 4.02. The van der Waals surface area contributed by atoms with Crippen molar-refractivity contribution in [2.45, 2.75) is 44.7 Å². The Kier molecular flexibility index (Phi) is 7.12. The number of carbonyl (C=O) groups excluding carboxylic acids is 2. The number of carbonyl (C=O) groups is 3. The minimum absolute atomic E-state index is 0.0910. The van der Waals surface area contributed by atoms with Crippen LogP contribution in [0.15, 0.2) is 48.5 Å². The number of ether oxygens (including phenoxy) is 2. The van der Waals surface area contributed by atoms with Gasteiger partial charge in [-0.3, -0.25) is 4.79 Å². The number of hydrogen-bond acceptors (Lipinski definition) is 5. The lowest BCUT2D eigenvalue weighted by Crippen LogP contribution is -2.61. The van der Waals surface area contributed by atoms with Crippen molar-refractivity contribution in [1.82, 2.24) is 10.2 Å². The smallest absolute Gasteiger partial charge is 0.407 e. The normalized spacial score (nSPS) is 19.4. The average Bonchev–Trinajstić information content (AvgIpc) is 3.14. The number of amides is 2. The van der Waals surface area contributed by atoms with E-state index in [9.17, 15) is 19.5 Å². The van der Waals surface area contributed by atoms with Crippen LogP contribution in [0.4, 0.5) is 4.79 Å². The van der Waals surface area contributed by atoms with Crippen molar-refractivity contribution in [3.63, 3.8) is 0 Å². The minimum atomic E-state index is -1.06. The van der Waals surface area contributed by atoms with Crippen molar-refractivity contribution in [1.29, 1.82) is 0 Å². The maximum absolute atomic E-state index is 13.3. The summed E-state index contributed by atoms with van der Waals surface area (Å²) in [6, 6.07) is 14.0. The highest BCUT2D eigenvalue weighted by Crippen LogP contribution is 2.44. The fraction of sp³-hybridized carbons (Fsp3) is 0.444. The molecule has 2 atom stereocenters. The molecule has 1 aliphatic carbocycles. The monoisotopic (exact) mass is 480 g/mol. The number of nitrogens with zero attached hydrogens (tertiary/aromatic N) is 1. The molecule has 2 aromatic rings. The van der Waals surface area contributed by atoms with Crippen LogP contribution in [0.5, 0.6) is 0 Å². The Morgan fingerprint density at radius 1 is 1.09 bits per heavy atom. The van der Waals surface area contributed by atoms with E-state index in [2.05, 4.69) is 17.4 Å². The Balaban J connectivity index is 1.45. The van der Waals surface area contributed by atoms with Crippen LogP contribution in [0.25, 0.3) is 11.1 Å². The number of carboxylic acids is 1. The van der Waals surface area contributed by atoms with Crippen LogP contribution < -0.4 is 5.32 Å². The Bertz CT molecular complexity index is 1070. The standard InChI is InChI=1S/C27H32N2O6/c1-27(2)13-8-14-29(23(27)25(31)32)24(30)22(16-34-3)28-26(33)35-15-21-19-11-6-4-9-17(19)18-10-5-7-12-20(18)21/h4-7,9-12,21-23H,8,13-16H2,1-3H3,(H,28,33)(H,31,32). The lowest BCUT2D eigenvalue weighted by Gasteiger charge is -2.44. The Morgan fingerprint density at radius 3 is 2.26 bits per heavy atom. The fourth-order valence-electron chi connectivity index (χ4n) is 5.42. The molecule has 2 unspecified atom stereocenters. The summed E-state index contributed by atoms with van der Waals surface area (Å²) in [6.07, 6.45) is 0.640. The number of benzene rings is 2. The highest BCUT2D eigenvalue weighted by molar-refractivity contribution is 5.90. The molecule has 0 aromatic heterocycles. The summed E-state index contributed by atoms with van der Waals surface area (Å²) in [7, 11) is 1.43. The molecular weight excluding hydrogens is 448 g/mol. The molecule has 1 heterocycles. The SMILES string of the molecule is COCC(NC(=O)OCC1c2ccccc2-c2ccccc21)C(=O)N1CCCC(C)(C)C1C(=O)O. The van der Waals surface area contributed by atoms with Crippen molar-refractivity contribution in [2.75, 3.05) is 26.9 Å². The number of methoxy groups -OCH3 is 1. The zero-order valence-electron chi connectivity index (χ0n) is 20.3. The summed E-state index contributed by atoms with van der Waals surface area (Å²) >= 11 is 0. The lowest BCUT2D eigenvalue weighted by molar-refractivity contribution is -0.160. The maximum Gasteiger partial charge on any atom is 0.407 e. The van der Waals surface area contributed by atoms with E-state index in [-0.39, 0.29) is 19.1 Å². The average molecular weight is 481 g/mol. The van der Waals surface area contributed by atoms with E-state index in [1.54, 1.807) is 0 Å². The van der Waals surface area contributed by atoms with Gasteiger partial charge in [-0.25, -0.2) is 9.59 Å². The number of piperidine rings is 1. The van der Waals surface area contributed by atoms with E-state index in [0.717, 1.165) is 22.3 Å². The second kappa shape index (κ2) is 10.1. The number of alkyl carbamates (subject to hydrolysis) is 1. The molecular formula is C27H32N2O6. The van der Waals surface area contributed by atoms with Gasteiger partial charge in [0.2, 0.25) is 5.91 Å². The molecule has 0 radical (unpaired) electrons. The van der Waals surface area contributed by atoms with Crippen LogP contribution in [0.2, 0.25) is 0 Å². The zero-order valence-corrected chi connectivity index (χ0v) is 20.3.